The fourth-order valence-corrected chi connectivity index (χ4v) is 10.2. The first-order chi connectivity index (χ1) is 13.8. The number of carbonyl (C=O) groups excluding carboxylic acids is 2. The monoisotopic (exact) mass is 518 g/mol. The van der Waals surface area contributed by atoms with Crippen molar-refractivity contribution in [1.29, 1.82) is 0 Å². The minimum absolute atomic E-state index is 0.138. The van der Waals surface area contributed by atoms with Crippen molar-refractivity contribution in [3.8, 4) is 0 Å². The van der Waals surface area contributed by atoms with E-state index in [1.807, 2.05) is 0 Å². The second-order valence-electron chi connectivity index (χ2n) is 6.21. The van der Waals surface area contributed by atoms with E-state index < -0.39 is 40.8 Å². The minimum atomic E-state index is -3.79. The van der Waals surface area contributed by atoms with Gasteiger partial charge in [0.1, 0.15) is 0 Å². The topological polar surface area (TPSA) is 139 Å². The van der Waals surface area contributed by atoms with Gasteiger partial charge in [0.15, 0.2) is 0 Å². The Bertz CT molecular complexity index is 879. The van der Waals surface area contributed by atoms with E-state index >= 15 is 0 Å². The van der Waals surface area contributed by atoms with Crippen molar-refractivity contribution >= 4 is 42.3 Å². The van der Waals surface area contributed by atoms with E-state index in [2.05, 4.69) is 0 Å². The van der Waals surface area contributed by atoms with Crippen LogP contribution in [0.5, 0.6) is 0 Å². The summed E-state index contributed by atoms with van der Waals surface area (Å²) in [4.78, 5) is 45.3. The summed E-state index contributed by atoms with van der Waals surface area (Å²) in [5.41, 5.74) is -0.0221. The summed E-state index contributed by atoms with van der Waals surface area (Å²) >= 11 is -3.79. The maximum atomic E-state index is 12.5. The average molecular weight is 516 g/mol. The molecule has 1 fully saturated rings. The van der Waals surface area contributed by atoms with Crippen LogP contribution in [0.1, 0.15) is 33.6 Å². The Morgan fingerprint density at radius 1 is 0.724 bits per heavy atom. The van der Waals surface area contributed by atoms with E-state index in [1.54, 1.807) is 0 Å². The number of non-ortho nitro benzene ring substituents is 2. The summed E-state index contributed by atoms with van der Waals surface area (Å²) in [5, 5.41) is 21.5. The van der Waals surface area contributed by atoms with Crippen LogP contribution in [-0.2, 0) is 6.20 Å². The molecule has 1 aliphatic heterocycles. The number of nitro groups is 2. The molecule has 0 bridgehead atoms. The second-order valence-corrected chi connectivity index (χ2v) is 13.7. The summed E-state index contributed by atoms with van der Waals surface area (Å²) in [6.07, 6.45) is 1.53. The maximum absolute atomic E-state index is 12.5. The van der Waals surface area contributed by atoms with Crippen LogP contribution in [0.15, 0.2) is 48.5 Å². The van der Waals surface area contributed by atoms with Crippen LogP contribution in [0, 0.1) is 20.2 Å². The van der Waals surface area contributed by atoms with Gasteiger partial charge < -0.3 is 0 Å². The van der Waals surface area contributed by atoms with E-state index in [1.165, 1.54) is 48.5 Å². The Labute approximate surface area is 169 Å². The SMILES string of the molecule is O=C(O[Te]1(OC(=O)c2ccc([N+](=O)[O-])cc2)CCCC1)c1ccc([N+](=O)[O-])cc1. The van der Waals surface area contributed by atoms with E-state index in [0.29, 0.717) is 8.94 Å². The molecule has 11 heteroatoms. The van der Waals surface area contributed by atoms with Gasteiger partial charge in [-0.15, -0.1) is 0 Å². The molecule has 2 aromatic carbocycles. The Balaban J connectivity index is 1.73. The molecule has 0 saturated carbocycles. The molecule has 0 aromatic heterocycles. The number of hydrogen-bond acceptors (Lipinski definition) is 8. The van der Waals surface area contributed by atoms with Gasteiger partial charge in [0.05, 0.1) is 0 Å². The molecule has 2 aromatic rings. The predicted octanol–water partition coefficient (Wildman–Crippen LogP) is 3.75. The summed E-state index contributed by atoms with van der Waals surface area (Å²) in [7, 11) is 0. The van der Waals surface area contributed by atoms with Gasteiger partial charge in [-0.3, -0.25) is 0 Å². The van der Waals surface area contributed by atoms with E-state index in [9.17, 15) is 29.8 Å². The van der Waals surface area contributed by atoms with E-state index in [4.69, 9.17) is 6.20 Å². The zero-order chi connectivity index (χ0) is 21.0. The molecule has 1 saturated heterocycles. The molecule has 0 amide bonds. The molecule has 29 heavy (non-hydrogen) atoms. The molecule has 1 aliphatic rings. The van der Waals surface area contributed by atoms with Crippen molar-refractivity contribution in [3.05, 3.63) is 79.9 Å². The van der Waals surface area contributed by atoms with Crippen LogP contribution in [-0.4, -0.2) is 40.8 Å². The number of nitrogens with zero attached hydrogens (tertiary/aromatic N) is 2. The van der Waals surface area contributed by atoms with Crippen molar-refractivity contribution in [2.45, 2.75) is 21.8 Å². The number of rotatable bonds is 6. The van der Waals surface area contributed by atoms with Crippen LogP contribution in [0.4, 0.5) is 11.4 Å². The number of carbonyl (C=O) groups is 2. The molecule has 0 aliphatic carbocycles. The van der Waals surface area contributed by atoms with Crippen LogP contribution >= 0.6 is 0 Å². The average Bonchev–Trinajstić information content (AvgIpc) is 3.15. The molecule has 3 rings (SSSR count). The third-order valence-electron chi connectivity index (χ3n) is 4.24. The van der Waals surface area contributed by atoms with Gasteiger partial charge in [-0.05, 0) is 0 Å². The Morgan fingerprint density at radius 2 is 1.07 bits per heavy atom. The van der Waals surface area contributed by atoms with Crippen LogP contribution in [0.2, 0.25) is 8.94 Å². The molecular weight excluding hydrogens is 500 g/mol. The van der Waals surface area contributed by atoms with Crippen molar-refractivity contribution in [2.75, 3.05) is 0 Å². The molecule has 0 spiro atoms. The quantitative estimate of drug-likeness (QED) is 0.322. The zero-order valence-electron chi connectivity index (χ0n) is 15.0. The van der Waals surface area contributed by atoms with Gasteiger partial charge in [-0.1, -0.05) is 0 Å². The third-order valence-corrected chi connectivity index (χ3v) is 12.0. The summed E-state index contributed by atoms with van der Waals surface area (Å²) in [5.74, 6) is -1.36. The van der Waals surface area contributed by atoms with Gasteiger partial charge in [0.2, 0.25) is 0 Å². The van der Waals surface area contributed by atoms with Gasteiger partial charge in [-0.25, -0.2) is 0 Å². The molecule has 0 unspecified atom stereocenters. The van der Waals surface area contributed by atoms with Crippen LogP contribution < -0.4 is 0 Å². The number of hydrogen-bond donors (Lipinski definition) is 0. The van der Waals surface area contributed by atoms with E-state index in [-0.39, 0.29) is 22.5 Å². The first kappa shape index (κ1) is 20.7. The first-order valence-corrected chi connectivity index (χ1v) is 13.7. The predicted molar refractivity (Wildman–Crippen MR) is 102 cm³/mol. The van der Waals surface area contributed by atoms with Crippen molar-refractivity contribution in [1.82, 2.24) is 0 Å². The Kier molecular flexibility index (Phi) is 6.10. The molecule has 0 N–H and O–H groups in total. The summed E-state index contributed by atoms with van der Waals surface area (Å²) in [6, 6.07) is 9.99. The second kappa shape index (κ2) is 8.55. The molecule has 152 valence electrons. The summed E-state index contributed by atoms with van der Waals surface area (Å²) < 4.78 is 12.3. The fraction of sp³-hybridized carbons (Fsp3) is 0.222. The summed E-state index contributed by atoms with van der Waals surface area (Å²) in [6.45, 7) is 0. The number of benzene rings is 2. The molecule has 0 radical (unpaired) electrons. The van der Waals surface area contributed by atoms with Gasteiger partial charge >= 0.3 is 170 Å². The standard InChI is InChI=1S/C18H16N2O8Te/c21-17(13-3-7-15(8-4-13)19(23)24)27-29(11-1-2-12-29)28-18(22)14-5-9-16(10-6-14)20(25)26/h3-10H,1-2,11-12H2. The van der Waals surface area contributed by atoms with Gasteiger partial charge in [0, 0.05) is 0 Å². The van der Waals surface area contributed by atoms with Crippen molar-refractivity contribution in [2.24, 2.45) is 0 Å². The van der Waals surface area contributed by atoms with Gasteiger partial charge in [-0.2, -0.15) is 0 Å². The third kappa shape index (κ3) is 4.88. The van der Waals surface area contributed by atoms with Crippen molar-refractivity contribution < 1.29 is 25.6 Å². The van der Waals surface area contributed by atoms with Crippen LogP contribution in [0.3, 0.4) is 0 Å². The van der Waals surface area contributed by atoms with Gasteiger partial charge in [0.25, 0.3) is 0 Å². The Hall–Kier alpha value is -3.03. The Morgan fingerprint density at radius 3 is 1.38 bits per heavy atom. The normalized spacial score (nSPS) is 15.9. The van der Waals surface area contributed by atoms with E-state index in [0.717, 1.165) is 12.8 Å². The molecule has 0 atom stereocenters. The molecular formula is C18H16N2O8Te. The fourth-order valence-electron chi connectivity index (χ4n) is 2.74. The van der Waals surface area contributed by atoms with Crippen LogP contribution in [0.25, 0.3) is 0 Å². The van der Waals surface area contributed by atoms with Crippen molar-refractivity contribution in [3.63, 3.8) is 0 Å². The molecule has 10 nitrogen and oxygen atoms in total. The molecule has 1 heterocycles. The number of nitro benzene ring substituents is 2. The zero-order valence-corrected chi connectivity index (χ0v) is 17.3. The first-order valence-electron chi connectivity index (χ1n) is 8.55.